The number of nitrogens with one attached hydrogen (secondary N) is 3. The van der Waals surface area contributed by atoms with Crippen molar-refractivity contribution in [2.75, 3.05) is 11.9 Å². The third-order valence-electron chi connectivity index (χ3n) is 3.09. The number of hydrogen-bond donors (Lipinski definition) is 5. The molecule has 0 aromatic heterocycles. The molecule has 1 aliphatic rings. The molecule has 0 bridgehead atoms. The van der Waals surface area contributed by atoms with Gasteiger partial charge in [-0.25, -0.2) is 9.59 Å². The van der Waals surface area contributed by atoms with Crippen molar-refractivity contribution in [3.63, 3.8) is 0 Å². The number of rotatable bonds is 3. The summed E-state index contributed by atoms with van der Waals surface area (Å²) >= 11 is 0. The van der Waals surface area contributed by atoms with E-state index in [2.05, 4.69) is 16.0 Å². The van der Waals surface area contributed by atoms with Crippen LogP contribution in [0.4, 0.5) is 10.5 Å². The van der Waals surface area contributed by atoms with E-state index in [0.717, 1.165) is 6.07 Å². The summed E-state index contributed by atoms with van der Waals surface area (Å²) in [5.41, 5.74) is 0.0331. The zero-order valence-electron chi connectivity index (χ0n) is 11.0. The maximum absolute atomic E-state index is 11.8. The quantitative estimate of drug-likeness (QED) is 0.554. The number of carboxylic acid groups (broad SMARTS) is 1. The second kappa shape index (κ2) is 6.12. The number of aromatic carboxylic acids is 1. The van der Waals surface area contributed by atoms with Gasteiger partial charge in [-0.3, -0.25) is 4.79 Å². The van der Waals surface area contributed by atoms with Gasteiger partial charge in [0, 0.05) is 30.8 Å². The largest absolute Gasteiger partial charge is 0.507 e. The predicted molar refractivity (Wildman–Crippen MR) is 73.3 cm³/mol. The van der Waals surface area contributed by atoms with Gasteiger partial charge < -0.3 is 26.2 Å². The molecule has 1 unspecified atom stereocenters. The first kappa shape index (κ1) is 14.6. The summed E-state index contributed by atoms with van der Waals surface area (Å²) in [7, 11) is 0. The van der Waals surface area contributed by atoms with Gasteiger partial charge in [-0.05, 0) is 18.6 Å². The van der Waals surface area contributed by atoms with Gasteiger partial charge in [0.15, 0.2) is 0 Å². The molecule has 1 aromatic carbocycles. The van der Waals surface area contributed by atoms with Gasteiger partial charge in [0.1, 0.15) is 11.3 Å². The number of amides is 3. The molecule has 1 heterocycles. The third kappa shape index (κ3) is 3.85. The van der Waals surface area contributed by atoms with Gasteiger partial charge >= 0.3 is 12.0 Å². The lowest BCUT2D eigenvalue weighted by molar-refractivity contribution is -0.122. The van der Waals surface area contributed by atoms with Crippen molar-refractivity contribution in [3.8, 4) is 5.75 Å². The molecule has 3 amide bonds. The normalized spacial score (nSPS) is 17.7. The number of carboxylic acids is 1. The number of piperidine rings is 1. The second-order valence-electron chi connectivity index (χ2n) is 4.68. The summed E-state index contributed by atoms with van der Waals surface area (Å²) in [5, 5.41) is 26.1. The average Bonchev–Trinajstić information content (AvgIpc) is 2.41. The first-order valence-corrected chi connectivity index (χ1v) is 6.36. The monoisotopic (exact) mass is 293 g/mol. The highest BCUT2D eigenvalue weighted by Crippen LogP contribution is 2.21. The Morgan fingerprint density at radius 3 is 2.67 bits per heavy atom. The van der Waals surface area contributed by atoms with E-state index in [4.69, 9.17) is 5.11 Å². The van der Waals surface area contributed by atoms with Gasteiger partial charge in [-0.15, -0.1) is 0 Å². The van der Waals surface area contributed by atoms with Crippen LogP contribution in [0.15, 0.2) is 18.2 Å². The van der Waals surface area contributed by atoms with Crippen molar-refractivity contribution in [1.82, 2.24) is 10.6 Å². The lowest BCUT2D eigenvalue weighted by Crippen LogP contribution is -2.48. The average molecular weight is 293 g/mol. The van der Waals surface area contributed by atoms with Crippen molar-refractivity contribution < 1.29 is 24.6 Å². The first-order valence-electron chi connectivity index (χ1n) is 6.36. The van der Waals surface area contributed by atoms with Crippen LogP contribution in [0, 0.1) is 0 Å². The number of carbonyl (C=O) groups is 3. The molecule has 1 aromatic rings. The van der Waals surface area contributed by atoms with Crippen molar-refractivity contribution >= 4 is 23.6 Å². The van der Waals surface area contributed by atoms with E-state index in [0.29, 0.717) is 19.4 Å². The van der Waals surface area contributed by atoms with Crippen LogP contribution in [0.2, 0.25) is 0 Å². The fourth-order valence-corrected chi connectivity index (χ4v) is 2.00. The van der Waals surface area contributed by atoms with Crippen LogP contribution in [-0.2, 0) is 4.79 Å². The lowest BCUT2D eigenvalue weighted by Gasteiger charge is -2.23. The van der Waals surface area contributed by atoms with Crippen molar-refractivity contribution in [3.05, 3.63) is 23.8 Å². The zero-order chi connectivity index (χ0) is 15.4. The summed E-state index contributed by atoms with van der Waals surface area (Å²) in [6, 6.07) is 3.10. The van der Waals surface area contributed by atoms with Crippen LogP contribution in [0.5, 0.6) is 5.75 Å². The molecule has 0 saturated carbocycles. The Balaban J connectivity index is 1.92. The predicted octanol–water partition coefficient (Wildman–Crippen LogP) is 0.491. The summed E-state index contributed by atoms with van der Waals surface area (Å²) in [6.45, 7) is 0.370. The fourth-order valence-electron chi connectivity index (χ4n) is 2.00. The number of phenols is 1. The maximum Gasteiger partial charge on any atom is 0.339 e. The number of anilines is 1. The van der Waals surface area contributed by atoms with Crippen molar-refractivity contribution in [2.45, 2.75) is 18.9 Å². The number of urea groups is 1. The van der Waals surface area contributed by atoms with Gasteiger partial charge in [-0.1, -0.05) is 0 Å². The van der Waals surface area contributed by atoms with E-state index < -0.39 is 17.7 Å². The van der Waals surface area contributed by atoms with Crippen LogP contribution in [0.1, 0.15) is 23.2 Å². The van der Waals surface area contributed by atoms with Gasteiger partial charge in [0.2, 0.25) is 5.91 Å². The van der Waals surface area contributed by atoms with Crippen molar-refractivity contribution in [1.29, 1.82) is 0 Å². The molecule has 5 N–H and O–H groups in total. The zero-order valence-corrected chi connectivity index (χ0v) is 11.0. The van der Waals surface area contributed by atoms with Crippen LogP contribution >= 0.6 is 0 Å². The smallest absolute Gasteiger partial charge is 0.339 e. The molecule has 1 aliphatic heterocycles. The van der Waals surface area contributed by atoms with Crippen LogP contribution in [0.25, 0.3) is 0 Å². The Morgan fingerprint density at radius 2 is 2.10 bits per heavy atom. The van der Waals surface area contributed by atoms with Crippen LogP contribution in [-0.4, -0.2) is 40.7 Å². The van der Waals surface area contributed by atoms with Crippen LogP contribution in [0.3, 0.4) is 0 Å². The Hall–Kier alpha value is -2.77. The van der Waals surface area contributed by atoms with Crippen LogP contribution < -0.4 is 16.0 Å². The second-order valence-corrected chi connectivity index (χ2v) is 4.68. The third-order valence-corrected chi connectivity index (χ3v) is 3.09. The topological polar surface area (TPSA) is 128 Å². The lowest BCUT2D eigenvalue weighted by atomic mass is 10.1. The number of aromatic hydroxyl groups is 1. The number of carbonyl (C=O) groups excluding carboxylic acids is 2. The number of benzene rings is 1. The summed E-state index contributed by atoms with van der Waals surface area (Å²) in [5.74, 6) is -1.71. The van der Waals surface area contributed by atoms with Gasteiger partial charge in [-0.2, -0.15) is 0 Å². The van der Waals surface area contributed by atoms with E-state index in [1.54, 1.807) is 0 Å². The molecular weight excluding hydrogens is 278 g/mol. The highest BCUT2D eigenvalue weighted by atomic mass is 16.4. The molecule has 1 saturated heterocycles. The molecule has 0 spiro atoms. The molecule has 112 valence electrons. The Bertz CT molecular complexity index is 577. The van der Waals surface area contributed by atoms with Gasteiger partial charge in [0.05, 0.1) is 0 Å². The van der Waals surface area contributed by atoms with E-state index in [-0.39, 0.29) is 23.2 Å². The Labute approximate surface area is 120 Å². The molecule has 8 heteroatoms. The molecule has 2 rings (SSSR count). The SMILES string of the molecule is O=C1CCC(NC(=O)Nc2ccc(C(=O)O)c(O)c2)CN1. The standard InChI is InChI=1S/C13H15N3O5/c17-10-5-7(1-3-9(10)12(19)20)15-13(21)16-8-2-4-11(18)14-6-8/h1,3,5,8,17H,2,4,6H2,(H,14,18)(H,19,20)(H2,15,16,21). The van der Waals surface area contributed by atoms with Crippen molar-refractivity contribution in [2.24, 2.45) is 0 Å². The van der Waals surface area contributed by atoms with E-state index >= 15 is 0 Å². The molecule has 1 fully saturated rings. The molecule has 8 nitrogen and oxygen atoms in total. The van der Waals surface area contributed by atoms with E-state index in [1.807, 2.05) is 0 Å². The Morgan fingerprint density at radius 1 is 1.33 bits per heavy atom. The van der Waals surface area contributed by atoms with Gasteiger partial charge in [0.25, 0.3) is 0 Å². The molecule has 0 radical (unpaired) electrons. The summed E-state index contributed by atoms with van der Waals surface area (Å²) in [4.78, 5) is 33.5. The minimum atomic E-state index is -1.25. The molecular formula is C13H15N3O5. The molecule has 0 aliphatic carbocycles. The minimum absolute atomic E-state index is 0.0392. The van der Waals surface area contributed by atoms with E-state index in [9.17, 15) is 19.5 Å². The molecule has 1 atom stereocenters. The van der Waals surface area contributed by atoms with E-state index in [1.165, 1.54) is 12.1 Å². The highest BCUT2D eigenvalue weighted by molar-refractivity contribution is 5.94. The minimum Gasteiger partial charge on any atom is -0.507 e. The first-order chi connectivity index (χ1) is 9.95. The Kier molecular flexibility index (Phi) is 4.27. The summed E-state index contributed by atoms with van der Waals surface area (Å²) < 4.78 is 0. The maximum atomic E-state index is 11.8. The summed E-state index contributed by atoms with van der Waals surface area (Å²) in [6.07, 6.45) is 0.918. The molecule has 21 heavy (non-hydrogen) atoms. The fraction of sp³-hybridized carbons (Fsp3) is 0.308. The highest BCUT2D eigenvalue weighted by Gasteiger charge is 2.19. The number of hydrogen-bond acceptors (Lipinski definition) is 4.